The fourth-order valence-corrected chi connectivity index (χ4v) is 2.96. The molecular weight excluding hydrogens is 248 g/mol. The van der Waals surface area contributed by atoms with E-state index in [4.69, 9.17) is 0 Å². The highest BCUT2D eigenvalue weighted by atomic mass is 16.2. The van der Waals surface area contributed by atoms with E-state index in [1.165, 1.54) is 24.0 Å². The number of benzene rings is 1. The van der Waals surface area contributed by atoms with Crippen LogP contribution in [-0.4, -0.2) is 29.4 Å². The van der Waals surface area contributed by atoms with Gasteiger partial charge in [-0.2, -0.15) is 0 Å². The molecule has 0 spiro atoms. The second kappa shape index (κ2) is 5.57. The monoisotopic (exact) mass is 272 g/mol. The van der Waals surface area contributed by atoms with Crippen LogP contribution in [0.1, 0.15) is 37.8 Å². The second-order valence-electron chi connectivity index (χ2n) is 6.43. The molecule has 108 valence electrons. The van der Waals surface area contributed by atoms with Gasteiger partial charge in [-0.25, -0.2) is 0 Å². The van der Waals surface area contributed by atoms with E-state index < -0.39 is 0 Å². The largest absolute Gasteiger partial charge is 0.339 e. The van der Waals surface area contributed by atoms with Crippen LogP contribution in [0.15, 0.2) is 24.3 Å². The first kappa shape index (κ1) is 13.6. The van der Waals surface area contributed by atoms with Crippen molar-refractivity contribution in [3.8, 4) is 0 Å². The van der Waals surface area contributed by atoms with E-state index in [1.807, 2.05) is 0 Å². The second-order valence-corrected chi connectivity index (χ2v) is 6.43. The number of rotatable bonds is 4. The Kier molecular flexibility index (Phi) is 3.79. The van der Waals surface area contributed by atoms with E-state index in [1.54, 1.807) is 0 Å². The zero-order valence-corrected chi connectivity index (χ0v) is 12.4. The van der Waals surface area contributed by atoms with Gasteiger partial charge in [-0.1, -0.05) is 24.3 Å². The molecular formula is C17H24N2O. The van der Waals surface area contributed by atoms with Gasteiger partial charge in [-0.3, -0.25) is 4.79 Å². The highest BCUT2D eigenvalue weighted by molar-refractivity contribution is 5.83. The summed E-state index contributed by atoms with van der Waals surface area (Å²) in [7, 11) is 0. The summed E-state index contributed by atoms with van der Waals surface area (Å²) in [5.41, 5.74) is 2.65. The summed E-state index contributed by atoms with van der Waals surface area (Å²) in [6.45, 7) is 5.99. The fourth-order valence-electron chi connectivity index (χ4n) is 2.96. The molecule has 0 radical (unpaired) electrons. The quantitative estimate of drug-likeness (QED) is 0.912. The Hall–Kier alpha value is -1.35. The molecule has 0 bridgehead atoms. The van der Waals surface area contributed by atoms with Gasteiger partial charge in [0.2, 0.25) is 5.91 Å². The Bertz CT molecular complexity index is 494. The summed E-state index contributed by atoms with van der Waals surface area (Å²) in [5, 5.41) is 3.41. The number of nitrogens with one attached hydrogen (secondary N) is 1. The van der Waals surface area contributed by atoms with Gasteiger partial charge in [0.1, 0.15) is 0 Å². The lowest BCUT2D eigenvalue weighted by molar-refractivity contribution is -0.135. The smallest absolute Gasteiger partial charge is 0.240 e. The van der Waals surface area contributed by atoms with Gasteiger partial charge >= 0.3 is 0 Å². The van der Waals surface area contributed by atoms with Crippen LogP contribution in [0.3, 0.4) is 0 Å². The lowest BCUT2D eigenvalue weighted by Crippen LogP contribution is -2.52. The van der Waals surface area contributed by atoms with Crippen molar-refractivity contribution in [2.24, 2.45) is 5.92 Å². The average molecular weight is 272 g/mol. The summed E-state index contributed by atoms with van der Waals surface area (Å²) in [6.07, 6.45) is 3.40. The maximum absolute atomic E-state index is 12.8. The Morgan fingerprint density at radius 3 is 2.65 bits per heavy atom. The SMILES string of the molecule is CC(C)N(CC1CC1)C(=O)C1Cc2ccccc2CN1. The molecule has 1 amide bonds. The highest BCUT2D eigenvalue weighted by Gasteiger charge is 2.33. The van der Waals surface area contributed by atoms with Gasteiger partial charge in [0.05, 0.1) is 6.04 Å². The standard InChI is InChI=1S/C17H24N2O/c1-12(2)19(11-13-7-8-13)17(20)16-9-14-5-3-4-6-15(14)10-18-16/h3-6,12-13,16,18H,7-11H2,1-2H3. The number of hydrogen-bond donors (Lipinski definition) is 1. The summed E-state index contributed by atoms with van der Waals surface area (Å²) in [6, 6.07) is 8.67. The molecule has 3 nitrogen and oxygen atoms in total. The molecule has 1 aromatic carbocycles. The molecule has 3 heteroatoms. The van der Waals surface area contributed by atoms with Crippen molar-refractivity contribution in [2.45, 2.75) is 51.7 Å². The third kappa shape index (κ3) is 2.88. The first-order valence-corrected chi connectivity index (χ1v) is 7.76. The van der Waals surface area contributed by atoms with Gasteiger partial charge in [0.25, 0.3) is 0 Å². The molecule has 20 heavy (non-hydrogen) atoms. The molecule has 1 heterocycles. The topological polar surface area (TPSA) is 32.3 Å². The van der Waals surface area contributed by atoms with Crippen LogP contribution >= 0.6 is 0 Å². The van der Waals surface area contributed by atoms with Gasteiger partial charge in [0, 0.05) is 19.1 Å². The predicted molar refractivity (Wildman–Crippen MR) is 80.3 cm³/mol. The van der Waals surface area contributed by atoms with E-state index in [0.29, 0.717) is 6.04 Å². The Morgan fingerprint density at radius 1 is 1.30 bits per heavy atom. The third-order valence-corrected chi connectivity index (χ3v) is 4.44. The number of fused-ring (bicyclic) bond motifs is 1. The van der Waals surface area contributed by atoms with E-state index in [-0.39, 0.29) is 11.9 Å². The van der Waals surface area contributed by atoms with Crippen molar-refractivity contribution in [2.75, 3.05) is 6.54 Å². The van der Waals surface area contributed by atoms with Crippen molar-refractivity contribution >= 4 is 5.91 Å². The molecule has 1 aromatic rings. The van der Waals surface area contributed by atoms with E-state index in [9.17, 15) is 4.79 Å². The van der Waals surface area contributed by atoms with Crippen LogP contribution in [0.5, 0.6) is 0 Å². The first-order valence-electron chi connectivity index (χ1n) is 7.76. The lowest BCUT2D eigenvalue weighted by atomic mass is 9.95. The average Bonchev–Trinajstić information content (AvgIpc) is 3.27. The molecule has 1 aliphatic heterocycles. The fraction of sp³-hybridized carbons (Fsp3) is 0.588. The van der Waals surface area contributed by atoms with Crippen LogP contribution in [-0.2, 0) is 17.8 Å². The number of nitrogens with zero attached hydrogens (tertiary/aromatic N) is 1. The third-order valence-electron chi connectivity index (χ3n) is 4.44. The summed E-state index contributed by atoms with van der Waals surface area (Å²) in [5.74, 6) is 1.03. The normalized spacial score (nSPS) is 21.6. The Labute approximate surface area is 121 Å². The van der Waals surface area contributed by atoms with Crippen molar-refractivity contribution in [3.05, 3.63) is 35.4 Å². The van der Waals surface area contributed by atoms with Crippen LogP contribution in [0, 0.1) is 5.92 Å². The zero-order chi connectivity index (χ0) is 14.1. The molecule has 1 unspecified atom stereocenters. The van der Waals surface area contributed by atoms with Gasteiger partial charge < -0.3 is 10.2 Å². The molecule has 1 fully saturated rings. The van der Waals surface area contributed by atoms with Crippen molar-refractivity contribution in [1.29, 1.82) is 0 Å². The molecule has 1 saturated carbocycles. The Balaban J connectivity index is 1.70. The maximum Gasteiger partial charge on any atom is 0.240 e. The van der Waals surface area contributed by atoms with Crippen LogP contribution < -0.4 is 5.32 Å². The Morgan fingerprint density at radius 2 is 2.00 bits per heavy atom. The summed E-state index contributed by atoms with van der Waals surface area (Å²) < 4.78 is 0. The van der Waals surface area contributed by atoms with Crippen molar-refractivity contribution < 1.29 is 4.79 Å². The van der Waals surface area contributed by atoms with Crippen molar-refractivity contribution in [3.63, 3.8) is 0 Å². The molecule has 3 rings (SSSR count). The van der Waals surface area contributed by atoms with Gasteiger partial charge in [-0.05, 0) is 50.2 Å². The number of carbonyl (C=O) groups excluding carboxylic acids is 1. The molecule has 2 aliphatic rings. The van der Waals surface area contributed by atoms with E-state index in [2.05, 4.69) is 48.3 Å². The van der Waals surface area contributed by atoms with Crippen molar-refractivity contribution in [1.82, 2.24) is 10.2 Å². The zero-order valence-electron chi connectivity index (χ0n) is 12.4. The number of hydrogen-bond acceptors (Lipinski definition) is 2. The minimum absolute atomic E-state index is 0.0500. The van der Waals surface area contributed by atoms with Crippen LogP contribution in [0.2, 0.25) is 0 Å². The molecule has 0 aromatic heterocycles. The van der Waals surface area contributed by atoms with Gasteiger partial charge in [-0.15, -0.1) is 0 Å². The molecule has 0 saturated heterocycles. The summed E-state index contributed by atoms with van der Waals surface area (Å²) in [4.78, 5) is 14.8. The van der Waals surface area contributed by atoms with Crippen LogP contribution in [0.4, 0.5) is 0 Å². The van der Waals surface area contributed by atoms with E-state index >= 15 is 0 Å². The minimum atomic E-state index is -0.0500. The predicted octanol–water partition coefficient (Wildman–Crippen LogP) is 2.35. The molecule has 1 atom stereocenters. The maximum atomic E-state index is 12.8. The number of amides is 1. The van der Waals surface area contributed by atoms with Crippen LogP contribution in [0.25, 0.3) is 0 Å². The highest BCUT2D eigenvalue weighted by Crippen LogP contribution is 2.30. The lowest BCUT2D eigenvalue weighted by Gasteiger charge is -2.33. The van der Waals surface area contributed by atoms with Gasteiger partial charge in [0.15, 0.2) is 0 Å². The number of carbonyl (C=O) groups is 1. The van der Waals surface area contributed by atoms with E-state index in [0.717, 1.165) is 25.4 Å². The first-order chi connectivity index (χ1) is 9.65. The minimum Gasteiger partial charge on any atom is -0.339 e. The molecule has 1 N–H and O–H groups in total. The molecule has 1 aliphatic carbocycles. The summed E-state index contributed by atoms with van der Waals surface area (Å²) >= 11 is 0.